The zero-order valence-corrected chi connectivity index (χ0v) is 16.9. The van der Waals surface area contributed by atoms with E-state index in [0.717, 1.165) is 39.7 Å². The van der Waals surface area contributed by atoms with E-state index in [1.54, 1.807) is 0 Å². The third-order valence-corrected chi connectivity index (χ3v) is 5.40. The Morgan fingerprint density at radius 1 is 1.08 bits per heavy atom. The first kappa shape index (κ1) is 17.2. The Balaban J connectivity index is 2.41. The van der Waals surface area contributed by atoms with Crippen LogP contribution in [0.3, 0.4) is 0 Å². The maximum absolute atomic E-state index is 14.4. The number of hydrogen-bond acceptors (Lipinski definition) is 0. The van der Waals surface area contributed by atoms with Crippen LogP contribution in [0.5, 0.6) is 0 Å². The normalized spacial score (nSPS) is 12.1. The van der Waals surface area contributed by atoms with Gasteiger partial charge in [-0.3, -0.25) is 0 Å². The van der Waals surface area contributed by atoms with Gasteiger partial charge in [-0.05, 0) is 72.9 Å². The third kappa shape index (κ3) is 3.13. The molecular formula is C24H29FN+. The maximum Gasteiger partial charge on any atom is 0.220 e. The van der Waals surface area contributed by atoms with Gasteiger partial charge in [0.2, 0.25) is 5.69 Å². The van der Waals surface area contributed by atoms with Crippen molar-refractivity contribution in [1.29, 1.82) is 0 Å². The first-order valence-corrected chi connectivity index (χ1v) is 9.32. The molecule has 2 heteroatoms. The van der Waals surface area contributed by atoms with E-state index < -0.39 is 0 Å². The van der Waals surface area contributed by atoms with Gasteiger partial charge >= 0.3 is 0 Å². The summed E-state index contributed by atoms with van der Waals surface area (Å²) in [6, 6.07) is 8.96. The summed E-state index contributed by atoms with van der Waals surface area (Å²) >= 11 is 0. The molecule has 3 aromatic rings. The average Bonchev–Trinajstić information content (AvgIpc) is 2.62. The van der Waals surface area contributed by atoms with E-state index >= 15 is 0 Å². The van der Waals surface area contributed by atoms with Gasteiger partial charge in [-0.25, -0.2) is 4.39 Å². The second-order valence-corrected chi connectivity index (χ2v) is 7.90. The van der Waals surface area contributed by atoms with Crippen molar-refractivity contribution in [2.24, 2.45) is 13.0 Å². The van der Waals surface area contributed by atoms with E-state index in [-0.39, 0.29) is 5.82 Å². The van der Waals surface area contributed by atoms with E-state index in [1.807, 2.05) is 40.8 Å². The van der Waals surface area contributed by atoms with Crippen molar-refractivity contribution in [2.45, 2.75) is 48.0 Å². The van der Waals surface area contributed by atoms with Crippen LogP contribution in [0, 0.1) is 39.4 Å². The van der Waals surface area contributed by atoms with Crippen LogP contribution in [-0.4, -0.2) is 0 Å². The first-order chi connectivity index (χ1) is 12.6. The minimum Gasteiger partial charge on any atom is -0.206 e. The predicted molar refractivity (Wildman–Crippen MR) is 108 cm³/mol. The number of halogens is 1. The van der Waals surface area contributed by atoms with Gasteiger partial charge in [-0.2, -0.15) is 4.57 Å². The van der Waals surface area contributed by atoms with Gasteiger partial charge < -0.3 is 0 Å². The highest BCUT2D eigenvalue weighted by Crippen LogP contribution is 2.33. The molecule has 2 aromatic carbocycles. The Labute approximate surface area is 157 Å². The number of pyridine rings is 1. The van der Waals surface area contributed by atoms with E-state index in [9.17, 15) is 4.39 Å². The first-order valence-electron chi connectivity index (χ1n) is 9.82. The number of fused-ring (bicyclic) bond motifs is 1. The van der Waals surface area contributed by atoms with Crippen LogP contribution in [0.25, 0.3) is 22.0 Å². The topological polar surface area (TPSA) is 3.88 Å². The van der Waals surface area contributed by atoms with Crippen LogP contribution in [-0.2, 0) is 13.5 Å². The Morgan fingerprint density at radius 2 is 1.77 bits per heavy atom. The second-order valence-electron chi connectivity index (χ2n) is 7.90. The van der Waals surface area contributed by atoms with Gasteiger partial charge in [-0.15, -0.1) is 0 Å². The Bertz CT molecular complexity index is 1050. The molecule has 0 spiro atoms. The fourth-order valence-electron chi connectivity index (χ4n) is 3.75. The van der Waals surface area contributed by atoms with Crippen LogP contribution in [0.4, 0.5) is 4.39 Å². The molecular weight excluding hydrogens is 321 g/mol. The molecule has 0 saturated heterocycles. The van der Waals surface area contributed by atoms with Crippen LogP contribution >= 0.6 is 0 Å². The van der Waals surface area contributed by atoms with Gasteiger partial charge in [0.15, 0.2) is 5.69 Å². The number of hydrogen-bond donors (Lipinski definition) is 0. The van der Waals surface area contributed by atoms with Crippen molar-refractivity contribution in [2.75, 3.05) is 0 Å². The van der Waals surface area contributed by atoms with E-state index in [4.69, 9.17) is 1.37 Å². The minimum absolute atomic E-state index is 0.128. The standard InChI is InChI=1S/C24H29FN/c1-14(2)10-19-8-9-21-20(13-19)12-16(4)26(7)24(21)22-11-15(3)23(25)18(6)17(22)5/h8-9,11-14H,10H2,1-7H3/q+1/i12D. The summed E-state index contributed by atoms with van der Waals surface area (Å²) in [7, 11) is 2.00. The molecule has 0 aliphatic rings. The highest BCUT2D eigenvalue weighted by atomic mass is 19.1. The molecule has 0 saturated carbocycles. The van der Waals surface area contributed by atoms with Crippen LogP contribution in [0.15, 0.2) is 30.3 Å². The molecule has 0 bridgehead atoms. The molecule has 26 heavy (non-hydrogen) atoms. The molecule has 0 unspecified atom stereocenters. The van der Waals surface area contributed by atoms with Crippen LogP contribution < -0.4 is 4.57 Å². The largest absolute Gasteiger partial charge is 0.220 e. The van der Waals surface area contributed by atoms with Gasteiger partial charge in [-0.1, -0.05) is 26.0 Å². The second kappa shape index (κ2) is 6.83. The Morgan fingerprint density at radius 3 is 2.42 bits per heavy atom. The van der Waals surface area contributed by atoms with E-state index in [0.29, 0.717) is 23.1 Å². The van der Waals surface area contributed by atoms with Crippen molar-refractivity contribution in [3.8, 4) is 11.3 Å². The minimum atomic E-state index is -0.128. The Hall–Kier alpha value is -2.22. The molecule has 0 atom stereocenters. The molecule has 0 aliphatic heterocycles. The fourth-order valence-corrected chi connectivity index (χ4v) is 3.75. The molecule has 1 heterocycles. The van der Waals surface area contributed by atoms with Crippen LogP contribution in [0.2, 0.25) is 0 Å². The van der Waals surface area contributed by atoms with Gasteiger partial charge in [0.25, 0.3) is 0 Å². The maximum atomic E-state index is 14.4. The van der Waals surface area contributed by atoms with Crippen molar-refractivity contribution < 1.29 is 10.3 Å². The van der Waals surface area contributed by atoms with Gasteiger partial charge in [0.05, 0.1) is 12.3 Å². The average molecular weight is 352 g/mol. The lowest BCUT2D eigenvalue weighted by molar-refractivity contribution is -0.665. The van der Waals surface area contributed by atoms with Crippen molar-refractivity contribution in [3.05, 3.63) is 64.1 Å². The van der Waals surface area contributed by atoms with Gasteiger partial charge in [0, 0.05) is 13.0 Å². The Kier molecular flexibility index (Phi) is 4.52. The third-order valence-electron chi connectivity index (χ3n) is 5.40. The summed E-state index contributed by atoms with van der Waals surface area (Å²) in [5, 5.41) is 2.02. The van der Waals surface area contributed by atoms with E-state index in [2.05, 4.69) is 36.6 Å². The zero-order valence-electron chi connectivity index (χ0n) is 17.9. The number of nitrogens with zero attached hydrogens (tertiary/aromatic N) is 1. The zero-order chi connectivity index (χ0) is 20.0. The lowest BCUT2D eigenvalue weighted by Gasteiger charge is -2.14. The summed E-state index contributed by atoms with van der Waals surface area (Å²) in [4.78, 5) is 0. The highest BCUT2D eigenvalue weighted by molar-refractivity contribution is 5.94. The summed E-state index contributed by atoms with van der Waals surface area (Å²) in [5.41, 5.74) is 6.58. The molecule has 136 valence electrons. The fraction of sp³-hybridized carbons (Fsp3) is 0.375. The molecule has 0 amide bonds. The van der Waals surface area contributed by atoms with Crippen molar-refractivity contribution in [1.82, 2.24) is 0 Å². The quantitative estimate of drug-likeness (QED) is 0.517. The summed E-state index contributed by atoms with van der Waals surface area (Å²) < 4.78 is 25.1. The molecule has 0 fully saturated rings. The predicted octanol–water partition coefficient (Wildman–Crippen LogP) is 5.90. The van der Waals surface area contributed by atoms with Crippen molar-refractivity contribution in [3.63, 3.8) is 0 Å². The van der Waals surface area contributed by atoms with Gasteiger partial charge in [0.1, 0.15) is 12.9 Å². The van der Waals surface area contributed by atoms with Crippen molar-refractivity contribution >= 4 is 10.8 Å². The highest BCUT2D eigenvalue weighted by Gasteiger charge is 2.22. The summed E-state index contributed by atoms with van der Waals surface area (Å²) in [6.45, 7) is 12.0. The molecule has 1 nitrogen and oxygen atoms in total. The number of benzene rings is 2. The SMILES string of the molecule is [2H]c1c(C)[n+](C)c(-c2cc(C)c(F)c(C)c2C)c2ccc(CC(C)C)cc12. The summed E-state index contributed by atoms with van der Waals surface area (Å²) in [6.07, 6.45) is 0.999. The number of rotatable bonds is 3. The monoisotopic (exact) mass is 351 g/mol. The summed E-state index contributed by atoms with van der Waals surface area (Å²) in [5.74, 6) is 0.443. The molecule has 0 aliphatic carbocycles. The number of aryl methyl sites for hydroxylation is 1. The lowest BCUT2D eigenvalue weighted by atomic mass is 9.92. The number of aromatic nitrogens is 1. The lowest BCUT2D eigenvalue weighted by Crippen LogP contribution is -2.35. The van der Waals surface area contributed by atoms with E-state index in [1.165, 1.54) is 5.56 Å². The smallest absolute Gasteiger partial charge is 0.206 e. The molecule has 3 rings (SSSR count). The molecule has 0 N–H and O–H groups in total. The van der Waals surface area contributed by atoms with Crippen LogP contribution in [0.1, 0.15) is 43.2 Å². The molecule has 1 aromatic heterocycles. The molecule has 0 radical (unpaired) electrons.